The third kappa shape index (κ3) is 4.79. The van der Waals surface area contributed by atoms with E-state index in [4.69, 9.17) is 16.3 Å². The topological polar surface area (TPSA) is 71.5 Å². The Bertz CT molecular complexity index is 683. The van der Waals surface area contributed by atoms with Gasteiger partial charge in [0.25, 0.3) is 5.91 Å². The smallest absolute Gasteiger partial charge is 0.255 e. The normalized spacial score (nSPS) is 11.8. The van der Waals surface area contributed by atoms with Gasteiger partial charge in [0.1, 0.15) is 5.75 Å². The predicted octanol–water partition coefficient (Wildman–Crippen LogP) is 2.68. The molecule has 0 aliphatic carbocycles. The van der Waals surface area contributed by atoms with Crippen molar-refractivity contribution in [1.82, 2.24) is 10.3 Å². The van der Waals surface area contributed by atoms with E-state index in [9.17, 15) is 9.90 Å². The molecule has 23 heavy (non-hydrogen) atoms. The molecule has 2 N–H and O–H groups in total. The molecule has 1 aromatic heterocycles. The zero-order valence-corrected chi connectivity index (χ0v) is 15.3. The van der Waals surface area contributed by atoms with Crippen LogP contribution in [0.5, 0.6) is 5.75 Å². The molecule has 0 bridgehead atoms. The van der Waals surface area contributed by atoms with E-state index in [2.05, 4.69) is 32.9 Å². The lowest BCUT2D eigenvalue weighted by Crippen LogP contribution is -2.39. The zero-order valence-electron chi connectivity index (χ0n) is 12.4. The lowest BCUT2D eigenvalue weighted by molar-refractivity contribution is 0.0913. The van der Waals surface area contributed by atoms with E-state index in [1.54, 1.807) is 18.3 Å². The maximum atomic E-state index is 12.5. The minimum absolute atomic E-state index is 0.192. The number of aromatic nitrogens is 1. The summed E-state index contributed by atoms with van der Waals surface area (Å²) in [6.07, 6.45) is 2.11. The van der Waals surface area contributed by atoms with Crippen LogP contribution in [0, 0.1) is 3.57 Å². The van der Waals surface area contributed by atoms with Gasteiger partial charge in [0.15, 0.2) is 0 Å². The highest BCUT2D eigenvalue weighted by Gasteiger charge is 2.19. The average molecular weight is 447 g/mol. The second-order valence-corrected chi connectivity index (χ2v) is 6.41. The first-order valence-corrected chi connectivity index (χ1v) is 8.35. The number of aliphatic hydroxyl groups excluding tert-OH is 1. The highest BCUT2D eigenvalue weighted by molar-refractivity contribution is 14.1. The van der Waals surface area contributed by atoms with Gasteiger partial charge < -0.3 is 15.2 Å². The fourth-order valence-corrected chi connectivity index (χ4v) is 2.67. The molecule has 1 heterocycles. The number of nitrogens with zero attached hydrogens (tertiary/aromatic N) is 1. The van der Waals surface area contributed by atoms with Gasteiger partial charge in [0.05, 0.1) is 30.3 Å². The molecule has 7 heteroatoms. The van der Waals surface area contributed by atoms with Crippen LogP contribution < -0.4 is 10.1 Å². The molecule has 0 spiro atoms. The van der Waals surface area contributed by atoms with Crippen LogP contribution in [-0.4, -0.2) is 35.8 Å². The number of carbonyl (C=O) groups is 1. The number of aliphatic hydroxyl groups is 1. The number of pyridine rings is 1. The molecule has 0 radical (unpaired) electrons. The fraction of sp³-hybridized carbons (Fsp3) is 0.250. The van der Waals surface area contributed by atoms with Crippen molar-refractivity contribution in [1.29, 1.82) is 0 Å². The molecule has 2 rings (SSSR count). The van der Waals surface area contributed by atoms with E-state index in [0.717, 1.165) is 9.26 Å². The molecule has 0 aliphatic heterocycles. The Hall–Kier alpha value is -1.38. The third-order valence-corrected chi connectivity index (χ3v) is 4.75. The molecule has 0 fully saturated rings. The average Bonchev–Trinajstić information content (AvgIpc) is 2.57. The molecule has 5 nitrogen and oxygen atoms in total. The van der Waals surface area contributed by atoms with Crippen LogP contribution in [0.15, 0.2) is 36.5 Å². The van der Waals surface area contributed by atoms with E-state index in [1.807, 2.05) is 18.2 Å². The lowest BCUT2D eigenvalue weighted by atomic mass is 10.1. The van der Waals surface area contributed by atoms with Crippen molar-refractivity contribution >= 4 is 40.1 Å². The van der Waals surface area contributed by atoms with Gasteiger partial charge in [-0.2, -0.15) is 0 Å². The minimum atomic E-state index is -0.444. The van der Waals surface area contributed by atoms with Crippen LogP contribution in [0.3, 0.4) is 0 Å². The van der Waals surface area contributed by atoms with Crippen LogP contribution in [-0.2, 0) is 6.42 Å². The van der Waals surface area contributed by atoms with Crippen molar-refractivity contribution in [3.05, 3.63) is 56.4 Å². The number of hydrogen-bond donors (Lipinski definition) is 2. The second kappa shape index (κ2) is 8.47. The number of methoxy groups -OCH3 is 1. The lowest BCUT2D eigenvalue weighted by Gasteiger charge is -2.17. The van der Waals surface area contributed by atoms with Gasteiger partial charge in [-0.05, 0) is 46.9 Å². The summed E-state index contributed by atoms with van der Waals surface area (Å²) in [6, 6.07) is 8.34. The van der Waals surface area contributed by atoms with Gasteiger partial charge >= 0.3 is 0 Å². The molecule has 0 unspecified atom stereocenters. The first kappa shape index (κ1) is 18.0. The summed E-state index contributed by atoms with van der Waals surface area (Å²) in [5.74, 6) is 0.0842. The van der Waals surface area contributed by atoms with Crippen LogP contribution in [0.25, 0.3) is 0 Å². The highest BCUT2D eigenvalue weighted by Crippen LogP contribution is 2.28. The summed E-state index contributed by atoms with van der Waals surface area (Å²) in [4.78, 5) is 16.7. The Labute approximate surface area is 153 Å². The van der Waals surface area contributed by atoms with Gasteiger partial charge in [-0.15, -0.1) is 0 Å². The first-order chi connectivity index (χ1) is 11.0. The van der Waals surface area contributed by atoms with E-state index < -0.39 is 6.04 Å². The summed E-state index contributed by atoms with van der Waals surface area (Å²) in [6.45, 7) is -0.192. The number of ether oxygens (including phenoxy) is 1. The highest BCUT2D eigenvalue weighted by atomic mass is 127. The Morgan fingerprint density at radius 3 is 2.87 bits per heavy atom. The second-order valence-electron chi connectivity index (χ2n) is 4.84. The van der Waals surface area contributed by atoms with Crippen LogP contribution in [0.2, 0.25) is 5.02 Å². The van der Waals surface area contributed by atoms with Crippen molar-refractivity contribution in [2.75, 3.05) is 13.7 Å². The maximum Gasteiger partial charge on any atom is 0.255 e. The number of hydrogen-bond acceptors (Lipinski definition) is 4. The molecular weight excluding hydrogens is 431 g/mol. The summed E-state index contributed by atoms with van der Waals surface area (Å²) in [7, 11) is 1.49. The van der Waals surface area contributed by atoms with Crippen LogP contribution in [0.1, 0.15) is 16.1 Å². The Kier molecular flexibility index (Phi) is 6.61. The molecular formula is C16H16ClIN2O3. The van der Waals surface area contributed by atoms with Gasteiger partial charge in [-0.25, -0.2) is 0 Å². The van der Waals surface area contributed by atoms with E-state index in [-0.39, 0.29) is 12.5 Å². The number of benzene rings is 1. The van der Waals surface area contributed by atoms with Crippen molar-refractivity contribution in [2.45, 2.75) is 12.5 Å². The summed E-state index contributed by atoms with van der Waals surface area (Å²) >= 11 is 8.15. The maximum absolute atomic E-state index is 12.5. The standard InChI is InChI=1S/C16H16ClIN2O3/c1-23-15-8-14(18)13(17)7-12(15)16(22)20-11(9-21)6-10-4-2-3-5-19-10/h2-5,7-8,11,21H,6,9H2,1H3,(H,20,22)/t11-/m0/s1. The van der Waals surface area contributed by atoms with Crippen molar-refractivity contribution in [3.8, 4) is 5.75 Å². The number of rotatable bonds is 6. The molecule has 1 amide bonds. The molecule has 1 atom stereocenters. The number of carbonyl (C=O) groups excluding carboxylic acids is 1. The predicted molar refractivity (Wildman–Crippen MR) is 97.0 cm³/mol. The third-order valence-electron chi connectivity index (χ3n) is 3.22. The molecule has 122 valence electrons. The molecule has 0 saturated heterocycles. The summed E-state index contributed by atoms with van der Waals surface area (Å²) < 4.78 is 6.03. The Balaban J connectivity index is 2.15. The monoisotopic (exact) mass is 446 g/mol. The quantitative estimate of drug-likeness (QED) is 0.670. The van der Waals surface area contributed by atoms with Crippen LogP contribution in [0.4, 0.5) is 0 Å². The van der Waals surface area contributed by atoms with Crippen molar-refractivity contribution < 1.29 is 14.6 Å². The molecule has 2 aromatic rings. The largest absolute Gasteiger partial charge is 0.496 e. The summed E-state index contributed by atoms with van der Waals surface area (Å²) in [5.41, 5.74) is 1.12. The van der Waals surface area contributed by atoms with Crippen molar-refractivity contribution in [3.63, 3.8) is 0 Å². The SMILES string of the molecule is COc1cc(I)c(Cl)cc1C(=O)N[C@H](CO)Cc1ccccn1. The molecule has 1 aromatic carbocycles. The van der Waals surface area contributed by atoms with Gasteiger partial charge in [0, 0.05) is 21.9 Å². The van der Waals surface area contributed by atoms with Crippen molar-refractivity contribution in [2.24, 2.45) is 0 Å². The number of halogens is 2. The molecule has 0 aliphatic rings. The Morgan fingerprint density at radius 2 is 2.26 bits per heavy atom. The van der Waals surface area contributed by atoms with E-state index >= 15 is 0 Å². The number of amides is 1. The summed E-state index contributed by atoms with van der Waals surface area (Å²) in [5, 5.41) is 12.8. The van der Waals surface area contributed by atoms with Gasteiger partial charge in [-0.3, -0.25) is 9.78 Å². The Morgan fingerprint density at radius 1 is 1.48 bits per heavy atom. The fourth-order valence-electron chi connectivity index (χ4n) is 2.07. The van der Waals surface area contributed by atoms with Gasteiger partial charge in [-0.1, -0.05) is 17.7 Å². The van der Waals surface area contributed by atoms with E-state index in [0.29, 0.717) is 22.8 Å². The number of nitrogens with one attached hydrogen (secondary N) is 1. The van der Waals surface area contributed by atoms with Gasteiger partial charge in [0.2, 0.25) is 0 Å². The zero-order chi connectivity index (χ0) is 16.8. The molecule has 0 saturated carbocycles. The first-order valence-electron chi connectivity index (χ1n) is 6.89. The minimum Gasteiger partial charge on any atom is -0.496 e. The van der Waals surface area contributed by atoms with Crippen LogP contribution >= 0.6 is 34.2 Å². The van der Waals surface area contributed by atoms with E-state index in [1.165, 1.54) is 7.11 Å².